The second-order valence-electron chi connectivity index (χ2n) is 7.69. The largest absolute Gasteiger partial charge is 0.293 e. The number of aliphatic imine (C=N–C) groups is 1. The summed E-state index contributed by atoms with van der Waals surface area (Å²) in [4.78, 5) is 17.9. The SMILES string of the molecule is O=c1c(C=NC2CCCC2)c(CSc2nnnn2-c2ccccc2)[nH]n1-c1ccccc1. The zero-order valence-electron chi connectivity index (χ0n) is 17.5. The molecule has 0 radical (unpaired) electrons. The molecule has 1 aliphatic rings. The van der Waals surface area contributed by atoms with Gasteiger partial charge in [-0.2, -0.15) is 4.68 Å². The molecule has 2 aromatic carbocycles. The van der Waals surface area contributed by atoms with E-state index in [-0.39, 0.29) is 5.56 Å². The van der Waals surface area contributed by atoms with Crippen LogP contribution in [-0.2, 0) is 5.75 Å². The van der Waals surface area contributed by atoms with Crippen molar-refractivity contribution in [2.24, 2.45) is 4.99 Å². The highest BCUT2D eigenvalue weighted by molar-refractivity contribution is 7.98. The van der Waals surface area contributed by atoms with Gasteiger partial charge in [-0.25, -0.2) is 4.68 Å². The fourth-order valence-electron chi connectivity index (χ4n) is 3.87. The van der Waals surface area contributed by atoms with Crippen LogP contribution in [0.25, 0.3) is 11.4 Å². The Bertz CT molecular complexity index is 1250. The topological polar surface area (TPSA) is 93.8 Å². The fourth-order valence-corrected chi connectivity index (χ4v) is 4.72. The Hall–Kier alpha value is -3.46. The van der Waals surface area contributed by atoms with Gasteiger partial charge in [-0.3, -0.25) is 14.9 Å². The van der Waals surface area contributed by atoms with Gasteiger partial charge in [0, 0.05) is 18.0 Å². The molecule has 4 aromatic rings. The van der Waals surface area contributed by atoms with Crippen molar-refractivity contribution in [3.63, 3.8) is 0 Å². The number of thioether (sulfide) groups is 1. The van der Waals surface area contributed by atoms with Crippen molar-refractivity contribution in [3.05, 3.63) is 82.3 Å². The van der Waals surface area contributed by atoms with E-state index in [1.807, 2.05) is 60.7 Å². The normalized spacial score (nSPS) is 14.5. The van der Waals surface area contributed by atoms with Gasteiger partial charge < -0.3 is 0 Å². The first kappa shape index (κ1) is 20.4. The first-order valence-electron chi connectivity index (χ1n) is 10.7. The van der Waals surface area contributed by atoms with E-state index < -0.39 is 0 Å². The van der Waals surface area contributed by atoms with E-state index in [2.05, 4.69) is 20.6 Å². The molecule has 1 saturated carbocycles. The molecule has 0 atom stereocenters. The standard InChI is InChI=1S/C23H23N7OS/c31-22-20(15-24-17-9-7-8-10-17)21(26-29(22)18-11-3-1-4-12-18)16-32-23-25-27-28-30(23)19-13-5-2-6-14-19/h1-6,11-15,17,26H,7-10,16H2. The zero-order valence-corrected chi connectivity index (χ0v) is 18.3. The number of rotatable bonds is 7. The molecule has 0 bridgehead atoms. The minimum atomic E-state index is -0.101. The Kier molecular flexibility index (Phi) is 5.98. The molecule has 0 amide bonds. The molecular weight excluding hydrogens is 422 g/mol. The molecule has 8 nitrogen and oxygen atoms in total. The summed E-state index contributed by atoms with van der Waals surface area (Å²) in [6, 6.07) is 19.6. The van der Waals surface area contributed by atoms with Gasteiger partial charge >= 0.3 is 0 Å². The van der Waals surface area contributed by atoms with E-state index in [4.69, 9.17) is 4.99 Å². The Morgan fingerprint density at radius 1 is 1.03 bits per heavy atom. The lowest BCUT2D eigenvalue weighted by atomic mass is 10.2. The highest BCUT2D eigenvalue weighted by atomic mass is 32.2. The van der Waals surface area contributed by atoms with Crippen LogP contribution in [0.1, 0.15) is 36.9 Å². The molecule has 32 heavy (non-hydrogen) atoms. The van der Waals surface area contributed by atoms with Crippen LogP contribution in [0, 0.1) is 0 Å². The highest BCUT2D eigenvalue weighted by Crippen LogP contribution is 2.24. The van der Waals surface area contributed by atoms with Crippen LogP contribution in [-0.4, -0.2) is 42.2 Å². The second kappa shape index (κ2) is 9.35. The van der Waals surface area contributed by atoms with E-state index in [0.29, 0.717) is 22.5 Å². The number of nitrogens with zero attached hydrogens (tertiary/aromatic N) is 6. The first-order chi connectivity index (χ1) is 15.8. The van der Waals surface area contributed by atoms with E-state index >= 15 is 0 Å². The molecule has 2 aromatic heterocycles. The van der Waals surface area contributed by atoms with Crippen molar-refractivity contribution in [1.29, 1.82) is 0 Å². The number of hydrogen-bond donors (Lipinski definition) is 1. The number of aromatic nitrogens is 6. The molecule has 0 aliphatic heterocycles. The summed E-state index contributed by atoms with van der Waals surface area (Å²) in [7, 11) is 0. The number of benzene rings is 2. The number of para-hydroxylation sites is 2. The summed E-state index contributed by atoms with van der Waals surface area (Å²) >= 11 is 1.47. The maximum atomic E-state index is 13.2. The van der Waals surface area contributed by atoms with Crippen molar-refractivity contribution < 1.29 is 0 Å². The van der Waals surface area contributed by atoms with Crippen molar-refractivity contribution in [3.8, 4) is 11.4 Å². The van der Waals surface area contributed by atoms with Gasteiger partial charge in [0.2, 0.25) is 5.16 Å². The molecule has 162 valence electrons. The van der Waals surface area contributed by atoms with E-state index in [1.54, 1.807) is 15.6 Å². The molecule has 0 unspecified atom stereocenters. The van der Waals surface area contributed by atoms with Crippen LogP contribution in [0.3, 0.4) is 0 Å². The van der Waals surface area contributed by atoms with Gasteiger partial charge in [-0.05, 0) is 47.5 Å². The molecular formula is C23H23N7OS. The first-order valence-corrected chi connectivity index (χ1v) is 11.7. The van der Waals surface area contributed by atoms with Gasteiger partial charge in [-0.1, -0.05) is 61.0 Å². The Balaban J connectivity index is 1.45. The van der Waals surface area contributed by atoms with E-state index in [9.17, 15) is 4.79 Å². The quantitative estimate of drug-likeness (QED) is 0.345. The van der Waals surface area contributed by atoms with Crippen LogP contribution in [0.15, 0.2) is 75.6 Å². The van der Waals surface area contributed by atoms with Gasteiger partial charge in [-0.15, -0.1) is 5.10 Å². The lowest BCUT2D eigenvalue weighted by Gasteiger charge is -2.04. The average Bonchev–Trinajstić information content (AvgIpc) is 3.58. The maximum Gasteiger partial charge on any atom is 0.280 e. The third kappa shape index (κ3) is 4.29. The van der Waals surface area contributed by atoms with E-state index in [0.717, 1.165) is 29.9 Å². The second-order valence-corrected chi connectivity index (χ2v) is 8.64. The van der Waals surface area contributed by atoms with Crippen LogP contribution < -0.4 is 5.56 Å². The van der Waals surface area contributed by atoms with Crippen molar-refractivity contribution >= 4 is 18.0 Å². The molecule has 9 heteroatoms. The summed E-state index contributed by atoms with van der Waals surface area (Å²) in [6.07, 6.45) is 6.33. The van der Waals surface area contributed by atoms with Gasteiger partial charge in [0.1, 0.15) is 0 Å². The van der Waals surface area contributed by atoms with Crippen LogP contribution >= 0.6 is 11.8 Å². The van der Waals surface area contributed by atoms with Gasteiger partial charge in [0.15, 0.2) is 0 Å². The highest BCUT2D eigenvalue weighted by Gasteiger charge is 2.18. The Morgan fingerprint density at radius 2 is 1.72 bits per heavy atom. The van der Waals surface area contributed by atoms with Crippen molar-refractivity contribution in [2.75, 3.05) is 0 Å². The predicted octanol–water partition coefficient (Wildman–Crippen LogP) is 3.80. The fraction of sp³-hybridized carbons (Fsp3) is 0.261. The average molecular weight is 446 g/mol. The zero-order chi connectivity index (χ0) is 21.8. The summed E-state index contributed by atoms with van der Waals surface area (Å²) < 4.78 is 3.27. The molecule has 0 spiro atoms. The molecule has 1 fully saturated rings. The van der Waals surface area contributed by atoms with E-state index in [1.165, 1.54) is 24.6 Å². The smallest absolute Gasteiger partial charge is 0.280 e. The predicted molar refractivity (Wildman–Crippen MR) is 125 cm³/mol. The molecule has 2 heterocycles. The third-order valence-corrected chi connectivity index (χ3v) is 6.49. The number of hydrogen-bond acceptors (Lipinski definition) is 6. The van der Waals surface area contributed by atoms with Crippen LogP contribution in [0.4, 0.5) is 0 Å². The van der Waals surface area contributed by atoms with Gasteiger partial charge in [0.25, 0.3) is 5.56 Å². The minimum absolute atomic E-state index is 0.101. The monoisotopic (exact) mass is 445 g/mol. The molecule has 5 rings (SSSR count). The summed E-state index contributed by atoms with van der Waals surface area (Å²) in [5.41, 5.74) is 2.97. The molecule has 1 aliphatic carbocycles. The van der Waals surface area contributed by atoms with Gasteiger partial charge in [0.05, 0.1) is 22.6 Å². The van der Waals surface area contributed by atoms with Crippen LogP contribution in [0.2, 0.25) is 0 Å². The molecule has 0 saturated heterocycles. The Labute approximate surface area is 189 Å². The van der Waals surface area contributed by atoms with Crippen molar-refractivity contribution in [2.45, 2.75) is 42.6 Å². The van der Waals surface area contributed by atoms with Crippen LogP contribution in [0.5, 0.6) is 0 Å². The number of H-pyrrole nitrogens is 1. The summed E-state index contributed by atoms with van der Waals surface area (Å²) in [5, 5.41) is 16.0. The number of tetrazole rings is 1. The lowest BCUT2D eigenvalue weighted by Crippen LogP contribution is -2.17. The minimum Gasteiger partial charge on any atom is -0.293 e. The summed E-state index contributed by atoms with van der Waals surface area (Å²) in [5.74, 6) is 0.508. The third-order valence-electron chi connectivity index (χ3n) is 5.55. The lowest BCUT2D eigenvalue weighted by molar-refractivity contribution is 0.710. The maximum absolute atomic E-state index is 13.2. The van der Waals surface area contributed by atoms with Crippen molar-refractivity contribution in [1.82, 2.24) is 30.0 Å². The summed E-state index contributed by atoms with van der Waals surface area (Å²) in [6.45, 7) is 0. The number of aromatic amines is 1. The Morgan fingerprint density at radius 3 is 2.44 bits per heavy atom. The molecule has 1 N–H and O–H groups in total. The number of nitrogens with one attached hydrogen (secondary N) is 1.